The normalized spacial score (nSPS) is 15.1. The second-order valence-electron chi connectivity index (χ2n) is 9.54. The number of ether oxygens (including phenoxy) is 1. The molecule has 0 aromatic heterocycles. The van der Waals surface area contributed by atoms with E-state index in [4.69, 9.17) is 10.5 Å². The molecule has 0 fully saturated rings. The molecule has 0 saturated heterocycles. The Morgan fingerprint density at radius 3 is 2.05 bits per heavy atom. The van der Waals surface area contributed by atoms with Crippen molar-refractivity contribution in [2.45, 2.75) is 80.0 Å². The Hall–Kier alpha value is -2.47. The van der Waals surface area contributed by atoms with Crippen LogP contribution in [0.1, 0.15) is 61.8 Å². The molecule has 38 heavy (non-hydrogen) atoms. The maximum atomic E-state index is 12.8. The Balaban J connectivity index is 4.99. The SMILES string of the molecule is C/C=C(\NC(=O)[C@@H](CSSCC/C=C/[C@H](C)OC(=O)[C@@H](C)C(C)C)NC(=O)[C@H](NC(C)=O)C(C)C)C(N)=O. The molecule has 0 rings (SSSR count). The first-order valence-electron chi connectivity index (χ1n) is 12.7. The summed E-state index contributed by atoms with van der Waals surface area (Å²) in [6, 6.07) is -1.79. The Bertz CT molecular complexity index is 876. The first-order valence-corrected chi connectivity index (χ1v) is 15.2. The molecular weight excluding hydrogens is 528 g/mol. The van der Waals surface area contributed by atoms with E-state index in [2.05, 4.69) is 16.0 Å². The average molecular weight is 573 g/mol. The molecule has 0 spiro atoms. The van der Waals surface area contributed by atoms with Crippen molar-refractivity contribution in [1.29, 1.82) is 0 Å². The zero-order chi connectivity index (χ0) is 29.4. The number of allylic oxidation sites excluding steroid dienone is 2. The van der Waals surface area contributed by atoms with Gasteiger partial charge in [-0.3, -0.25) is 24.0 Å². The van der Waals surface area contributed by atoms with Crippen LogP contribution in [-0.2, 0) is 28.7 Å². The highest BCUT2D eigenvalue weighted by molar-refractivity contribution is 8.76. The number of esters is 1. The molecule has 0 aliphatic rings. The second-order valence-corrected chi connectivity index (χ2v) is 12.2. The van der Waals surface area contributed by atoms with Gasteiger partial charge in [-0.05, 0) is 38.2 Å². The van der Waals surface area contributed by atoms with Gasteiger partial charge in [-0.1, -0.05) is 68.4 Å². The van der Waals surface area contributed by atoms with Gasteiger partial charge in [0.15, 0.2) is 0 Å². The van der Waals surface area contributed by atoms with Gasteiger partial charge in [0.05, 0.1) is 5.92 Å². The van der Waals surface area contributed by atoms with E-state index in [0.717, 1.165) is 0 Å². The molecule has 0 heterocycles. The molecule has 10 nitrogen and oxygen atoms in total. The van der Waals surface area contributed by atoms with Crippen LogP contribution in [0.5, 0.6) is 0 Å². The highest BCUT2D eigenvalue weighted by atomic mass is 33.1. The van der Waals surface area contributed by atoms with Gasteiger partial charge in [0.1, 0.15) is 23.9 Å². The number of hydrogen-bond acceptors (Lipinski definition) is 8. The molecule has 5 N–H and O–H groups in total. The summed E-state index contributed by atoms with van der Waals surface area (Å²) < 4.78 is 5.43. The number of carbonyl (C=O) groups excluding carboxylic acids is 5. The lowest BCUT2D eigenvalue weighted by atomic mass is 9.98. The molecular formula is C26H44N4O6S2. The molecule has 4 amide bonds. The van der Waals surface area contributed by atoms with Gasteiger partial charge >= 0.3 is 5.97 Å². The molecule has 216 valence electrons. The summed E-state index contributed by atoms with van der Waals surface area (Å²) in [5.41, 5.74) is 5.21. The molecule has 0 saturated carbocycles. The monoisotopic (exact) mass is 572 g/mol. The zero-order valence-electron chi connectivity index (χ0n) is 23.7. The number of hydrogen-bond donors (Lipinski definition) is 4. The van der Waals surface area contributed by atoms with Gasteiger partial charge in [-0.2, -0.15) is 0 Å². The van der Waals surface area contributed by atoms with Crippen molar-refractivity contribution in [3.8, 4) is 0 Å². The largest absolute Gasteiger partial charge is 0.458 e. The van der Waals surface area contributed by atoms with E-state index in [9.17, 15) is 24.0 Å². The van der Waals surface area contributed by atoms with Crippen molar-refractivity contribution in [3.63, 3.8) is 0 Å². The first kappa shape index (κ1) is 35.5. The minimum Gasteiger partial charge on any atom is -0.458 e. The van der Waals surface area contributed by atoms with Crippen LogP contribution in [-0.4, -0.2) is 59.3 Å². The fourth-order valence-electron chi connectivity index (χ4n) is 2.88. The van der Waals surface area contributed by atoms with E-state index in [1.54, 1.807) is 20.8 Å². The Kier molecular flexibility index (Phi) is 17.5. The van der Waals surface area contributed by atoms with Crippen molar-refractivity contribution < 1.29 is 28.7 Å². The number of primary amides is 1. The van der Waals surface area contributed by atoms with E-state index in [-0.39, 0.29) is 47.2 Å². The van der Waals surface area contributed by atoms with Crippen LogP contribution in [0.15, 0.2) is 23.9 Å². The van der Waals surface area contributed by atoms with Gasteiger partial charge < -0.3 is 26.4 Å². The third-order valence-corrected chi connectivity index (χ3v) is 7.97. The summed E-state index contributed by atoms with van der Waals surface area (Å²) in [6.45, 7) is 14.1. The molecule has 0 bridgehead atoms. The number of rotatable bonds is 17. The Labute approximate surface area is 234 Å². The lowest BCUT2D eigenvalue weighted by molar-refractivity contribution is -0.152. The van der Waals surface area contributed by atoms with Crippen molar-refractivity contribution >= 4 is 51.2 Å². The molecule has 12 heteroatoms. The van der Waals surface area contributed by atoms with Gasteiger partial charge in [-0.25, -0.2) is 0 Å². The van der Waals surface area contributed by atoms with E-state index in [1.807, 2.05) is 39.8 Å². The molecule has 0 aromatic rings. The third kappa shape index (κ3) is 14.5. The predicted octanol–water partition coefficient (Wildman–Crippen LogP) is 2.69. The number of carbonyl (C=O) groups is 5. The van der Waals surface area contributed by atoms with Crippen molar-refractivity contribution in [2.75, 3.05) is 11.5 Å². The minimum atomic E-state index is -0.970. The molecule has 4 atom stereocenters. The maximum Gasteiger partial charge on any atom is 0.309 e. The number of nitrogens with one attached hydrogen (secondary N) is 3. The van der Waals surface area contributed by atoms with Crippen LogP contribution < -0.4 is 21.7 Å². The van der Waals surface area contributed by atoms with Crippen LogP contribution in [0.25, 0.3) is 0 Å². The molecule has 0 aliphatic carbocycles. The zero-order valence-corrected chi connectivity index (χ0v) is 25.3. The predicted molar refractivity (Wildman–Crippen MR) is 154 cm³/mol. The second kappa shape index (κ2) is 18.7. The quantitative estimate of drug-likeness (QED) is 0.0681. The van der Waals surface area contributed by atoms with E-state index in [0.29, 0.717) is 12.2 Å². The topological polar surface area (TPSA) is 157 Å². The summed E-state index contributed by atoms with van der Waals surface area (Å²) in [4.78, 5) is 60.8. The van der Waals surface area contributed by atoms with Crippen molar-refractivity contribution in [1.82, 2.24) is 16.0 Å². The van der Waals surface area contributed by atoms with Gasteiger partial charge in [0, 0.05) is 18.4 Å². The highest BCUT2D eigenvalue weighted by Crippen LogP contribution is 2.23. The van der Waals surface area contributed by atoms with E-state index >= 15 is 0 Å². The van der Waals surface area contributed by atoms with Crippen LogP contribution in [0.4, 0.5) is 0 Å². The lowest BCUT2D eigenvalue weighted by Crippen LogP contribution is -2.56. The average Bonchev–Trinajstić information content (AvgIpc) is 2.82. The van der Waals surface area contributed by atoms with Crippen LogP contribution >= 0.6 is 21.6 Å². The Morgan fingerprint density at radius 2 is 1.55 bits per heavy atom. The van der Waals surface area contributed by atoms with E-state index < -0.39 is 29.8 Å². The fourth-order valence-corrected chi connectivity index (χ4v) is 5.03. The van der Waals surface area contributed by atoms with Crippen molar-refractivity contribution in [2.24, 2.45) is 23.5 Å². The van der Waals surface area contributed by atoms with Crippen LogP contribution in [0.2, 0.25) is 0 Å². The fraction of sp³-hybridized carbons (Fsp3) is 0.654. The first-order chi connectivity index (χ1) is 17.7. The van der Waals surface area contributed by atoms with Gasteiger partial charge in [0.25, 0.3) is 5.91 Å². The summed E-state index contributed by atoms with van der Waals surface area (Å²) in [6.07, 6.45) is 5.54. The molecule has 0 radical (unpaired) electrons. The van der Waals surface area contributed by atoms with E-state index in [1.165, 1.54) is 34.6 Å². The highest BCUT2D eigenvalue weighted by Gasteiger charge is 2.29. The molecule has 0 aromatic carbocycles. The molecule has 0 unspecified atom stereocenters. The Morgan fingerprint density at radius 1 is 0.921 bits per heavy atom. The number of nitrogens with two attached hydrogens (primary N) is 1. The lowest BCUT2D eigenvalue weighted by Gasteiger charge is -2.24. The minimum absolute atomic E-state index is 0.0723. The summed E-state index contributed by atoms with van der Waals surface area (Å²) in [7, 11) is 2.89. The third-order valence-electron chi connectivity index (χ3n) is 5.52. The van der Waals surface area contributed by atoms with Gasteiger partial charge in [0.2, 0.25) is 17.7 Å². The number of amides is 4. The van der Waals surface area contributed by atoms with Gasteiger partial charge in [-0.15, -0.1) is 0 Å². The van der Waals surface area contributed by atoms with Crippen molar-refractivity contribution in [3.05, 3.63) is 23.9 Å². The van der Waals surface area contributed by atoms with Crippen LogP contribution in [0.3, 0.4) is 0 Å². The smallest absolute Gasteiger partial charge is 0.309 e. The molecule has 0 aliphatic heterocycles. The standard InChI is InChI=1S/C26H44N4O6S2/c1-9-20(23(27)32)29-24(33)21(30-25(34)22(16(4)5)28-19(8)31)14-38-37-13-11-10-12-17(6)36-26(35)18(7)15(2)3/h9-10,12,15-18,21-22H,11,13-14H2,1-8H3,(H2,27,32)(H,28,31)(H,29,33)(H,30,34)/b12-10+,20-9-/t17-,18-,21+,22+/m0/s1. The maximum absolute atomic E-state index is 12.8. The van der Waals surface area contributed by atoms with Crippen LogP contribution in [0, 0.1) is 17.8 Å². The summed E-state index contributed by atoms with van der Waals surface area (Å²) >= 11 is 0. The summed E-state index contributed by atoms with van der Waals surface area (Å²) in [5, 5.41) is 7.73. The summed E-state index contributed by atoms with van der Waals surface area (Å²) in [5.74, 6) is -1.68.